The van der Waals surface area contributed by atoms with Crippen LogP contribution in [0.4, 0.5) is 5.13 Å². The van der Waals surface area contributed by atoms with E-state index in [4.69, 9.17) is 13.9 Å². The Bertz CT molecular complexity index is 1380. The van der Waals surface area contributed by atoms with Gasteiger partial charge in [0.05, 0.1) is 18.6 Å². The normalized spacial score (nSPS) is 11.7. The SMILES string of the molecule is COc1cc(C=C(C#N)C(=O)Nc2nc(S(=O)(=O)C(C)C)ns2)ccc1OC(=O)c1ccco1. The van der Waals surface area contributed by atoms with Gasteiger partial charge in [0.2, 0.25) is 20.7 Å². The summed E-state index contributed by atoms with van der Waals surface area (Å²) in [5, 5.41) is 10.6. The van der Waals surface area contributed by atoms with Crippen molar-refractivity contribution in [1.29, 1.82) is 5.26 Å². The summed E-state index contributed by atoms with van der Waals surface area (Å²) in [7, 11) is -2.34. The second-order valence-electron chi connectivity index (χ2n) is 6.88. The van der Waals surface area contributed by atoms with Crippen LogP contribution in [-0.4, -0.2) is 42.0 Å². The molecule has 3 rings (SSSR count). The molecule has 3 aromatic rings. The number of amides is 1. The molecule has 0 unspecified atom stereocenters. The second-order valence-corrected chi connectivity index (χ2v) is 10.0. The van der Waals surface area contributed by atoms with Crippen LogP contribution in [0.1, 0.15) is 30.0 Å². The van der Waals surface area contributed by atoms with E-state index in [1.807, 2.05) is 0 Å². The molecular formula is C21H18N4O7S2. The highest BCUT2D eigenvalue weighted by molar-refractivity contribution is 7.91. The lowest BCUT2D eigenvalue weighted by Crippen LogP contribution is -2.16. The molecule has 2 heterocycles. The molecule has 0 atom stereocenters. The van der Waals surface area contributed by atoms with Crippen LogP contribution in [0, 0.1) is 11.3 Å². The number of carbonyl (C=O) groups excluding carboxylic acids is 2. The van der Waals surface area contributed by atoms with Crippen LogP contribution >= 0.6 is 11.5 Å². The molecule has 0 saturated heterocycles. The minimum absolute atomic E-state index is 0.00971. The van der Waals surface area contributed by atoms with E-state index in [0.717, 1.165) is 0 Å². The number of rotatable bonds is 8. The summed E-state index contributed by atoms with van der Waals surface area (Å²) in [4.78, 5) is 28.4. The molecule has 0 bridgehead atoms. The van der Waals surface area contributed by atoms with Gasteiger partial charge in [-0.3, -0.25) is 10.1 Å². The summed E-state index contributed by atoms with van der Waals surface area (Å²) in [6.07, 6.45) is 2.62. The predicted octanol–water partition coefficient (Wildman–Crippen LogP) is 3.09. The molecule has 0 aliphatic heterocycles. The van der Waals surface area contributed by atoms with Gasteiger partial charge in [-0.25, -0.2) is 13.2 Å². The van der Waals surface area contributed by atoms with Gasteiger partial charge in [-0.05, 0) is 49.8 Å². The number of nitriles is 1. The quantitative estimate of drug-likeness (QED) is 0.210. The summed E-state index contributed by atoms with van der Waals surface area (Å²) in [6, 6.07) is 9.18. The van der Waals surface area contributed by atoms with E-state index >= 15 is 0 Å². The number of hydrogen-bond acceptors (Lipinski definition) is 11. The molecule has 0 fully saturated rings. The van der Waals surface area contributed by atoms with Gasteiger partial charge in [0.1, 0.15) is 11.6 Å². The van der Waals surface area contributed by atoms with Gasteiger partial charge < -0.3 is 13.9 Å². The molecule has 13 heteroatoms. The Morgan fingerprint density at radius 2 is 2.03 bits per heavy atom. The fraction of sp³-hybridized carbons (Fsp3) is 0.190. The molecule has 0 radical (unpaired) electrons. The molecule has 0 saturated carbocycles. The minimum atomic E-state index is -3.70. The zero-order valence-electron chi connectivity index (χ0n) is 18.1. The molecule has 176 valence electrons. The molecule has 0 aliphatic rings. The number of ether oxygens (including phenoxy) is 2. The lowest BCUT2D eigenvalue weighted by molar-refractivity contribution is -0.112. The van der Waals surface area contributed by atoms with Crippen LogP contribution in [0.2, 0.25) is 0 Å². The number of methoxy groups -OCH3 is 1. The lowest BCUT2D eigenvalue weighted by Gasteiger charge is -2.09. The van der Waals surface area contributed by atoms with Crippen LogP contribution in [0.3, 0.4) is 0 Å². The van der Waals surface area contributed by atoms with Crippen LogP contribution in [0.25, 0.3) is 6.08 Å². The van der Waals surface area contributed by atoms with E-state index in [2.05, 4.69) is 14.7 Å². The standard InChI is InChI=1S/C21H18N4O7S2/c1-12(2)34(28,29)21-24-20(33-25-21)23-18(26)14(11-22)9-13-6-7-15(17(10-13)30-3)32-19(27)16-5-4-8-31-16/h4-10,12H,1-3H3,(H,23,24,25,26). The molecule has 1 aromatic carbocycles. The second kappa shape index (κ2) is 10.3. The average Bonchev–Trinajstić information content (AvgIpc) is 3.50. The number of carbonyl (C=O) groups is 2. The van der Waals surface area contributed by atoms with Crippen molar-refractivity contribution < 1.29 is 31.9 Å². The largest absolute Gasteiger partial charge is 0.493 e. The van der Waals surface area contributed by atoms with Crippen molar-refractivity contribution in [2.24, 2.45) is 0 Å². The Morgan fingerprint density at radius 1 is 1.26 bits per heavy atom. The number of nitrogens with zero attached hydrogens (tertiary/aromatic N) is 3. The summed E-state index contributed by atoms with van der Waals surface area (Å²) < 4.78 is 43.5. The van der Waals surface area contributed by atoms with Crippen molar-refractivity contribution in [3.05, 3.63) is 53.5 Å². The van der Waals surface area contributed by atoms with Gasteiger partial charge in [0.25, 0.3) is 11.1 Å². The van der Waals surface area contributed by atoms with Crippen molar-refractivity contribution in [1.82, 2.24) is 9.36 Å². The summed E-state index contributed by atoms with van der Waals surface area (Å²) in [6.45, 7) is 2.98. The van der Waals surface area contributed by atoms with Crippen molar-refractivity contribution in [2.45, 2.75) is 24.3 Å². The molecule has 1 amide bonds. The van der Waals surface area contributed by atoms with Crippen molar-refractivity contribution >= 4 is 44.5 Å². The van der Waals surface area contributed by atoms with E-state index in [9.17, 15) is 23.3 Å². The molecule has 0 aliphatic carbocycles. The Hall–Kier alpha value is -4.02. The lowest BCUT2D eigenvalue weighted by atomic mass is 10.1. The number of nitrogens with one attached hydrogen (secondary N) is 1. The number of hydrogen-bond donors (Lipinski definition) is 1. The molecule has 0 spiro atoms. The highest BCUT2D eigenvalue weighted by Crippen LogP contribution is 2.30. The smallest absolute Gasteiger partial charge is 0.379 e. The third kappa shape index (κ3) is 5.48. The maximum Gasteiger partial charge on any atom is 0.379 e. The van der Waals surface area contributed by atoms with Crippen LogP contribution in [0.15, 0.2) is 51.7 Å². The number of aromatic nitrogens is 2. The number of anilines is 1. The van der Waals surface area contributed by atoms with Gasteiger partial charge in [-0.2, -0.15) is 14.6 Å². The third-order valence-corrected chi connectivity index (χ3v) is 6.97. The van der Waals surface area contributed by atoms with Gasteiger partial charge in [0.15, 0.2) is 11.5 Å². The number of furan rings is 1. The van der Waals surface area contributed by atoms with E-state index in [0.29, 0.717) is 17.1 Å². The highest BCUT2D eigenvalue weighted by Gasteiger charge is 2.25. The monoisotopic (exact) mass is 502 g/mol. The van der Waals surface area contributed by atoms with Gasteiger partial charge >= 0.3 is 5.97 Å². The summed E-state index contributed by atoms with van der Waals surface area (Å²) >= 11 is 0.684. The summed E-state index contributed by atoms with van der Waals surface area (Å²) in [5.74, 6) is -1.23. The fourth-order valence-corrected chi connectivity index (χ4v) is 4.17. The van der Waals surface area contributed by atoms with Gasteiger partial charge in [-0.15, -0.1) is 0 Å². The topological polar surface area (TPSA) is 161 Å². The minimum Gasteiger partial charge on any atom is -0.493 e. The average molecular weight is 503 g/mol. The summed E-state index contributed by atoms with van der Waals surface area (Å²) in [5.41, 5.74) is 0.118. The van der Waals surface area contributed by atoms with E-state index in [1.54, 1.807) is 12.1 Å². The molecule has 34 heavy (non-hydrogen) atoms. The number of esters is 1. The zero-order valence-corrected chi connectivity index (χ0v) is 19.8. The number of benzene rings is 1. The highest BCUT2D eigenvalue weighted by atomic mass is 32.2. The van der Waals surface area contributed by atoms with E-state index in [-0.39, 0.29) is 28.0 Å². The maximum atomic E-state index is 12.5. The van der Waals surface area contributed by atoms with Crippen LogP contribution < -0.4 is 14.8 Å². The van der Waals surface area contributed by atoms with Crippen molar-refractivity contribution in [3.8, 4) is 17.6 Å². The zero-order chi connectivity index (χ0) is 24.9. The number of sulfone groups is 1. The van der Waals surface area contributed by atoms with Gasteiger partial charge in [0, 0.05) is 11.5 Å². The first-order chi connectivity index (χ1) is 16.1. The van der Waals surface area contributed by atoms with E-state index in [1.165, 1.54) is 57.6 Å². The Balaban J connectivity index is 1.78. The van der Waals surface area contributed by atoms with Crippen LogP contribution in [0.5, 0.6) is 11.5 Å². The Labute approximate surface area is 198 Å². The fourth-order valence-electron chi connectivity index (χ4n) is 2.47. The first-order valence-corrected chi connectivity index (χ1v) is 11.9. The predicted molar refractivity (Wildman–Crippen MR) is 121 cm³/mol. The Kier molecular flexibility index (Phi) is 7.44. The molecular weight excluding hydrogens is 484 g/mol. The molecule has 1 N–H and O–H groups in total. The van der Waals surface area contributed by atoms with Crippen molar-refractivity contribution in [2.75, 3.05) is 12.4 Å². The third-order valence-electron chi connectivity index (χ3n) is 4.29. The molecule has 2 aromatic heterocycles. The van der Waals surface area contributed by atoms with Crippen molar-refractivity contribution in [3.63, 3.8) is 0 Å². The van der Waals surface area contributed by atoms with E-state index < -0.39 is 32.1 Å². The first-order valence-electron chi connectivity index (χ1n) is 9.60. The molecule has 11 nitrogen and oxygen atoms in total. The van der Waals surface area contributed by atoms with Crippen LogP contribution in [-0.2, 0) is 14.6 Å². The maximum absolute atomic E-state index is 12.5. The van der Waals surface area contributed by atoms with Gasteiger partial charge in [-0.1, -0.05) is 6.07 Å². The Morgan fingerprint density at radius 3 is 2.65 bits per heavy atom. The first kappa shape index (κ1) is 24.6.